The molecular formula is C11H22N2O2. The van der Waals surface area contributed by atoms with Crippen molar-refractivity contribution >= 4 is 5.91 Å². The summed E-state index contributed by atoms with van der Waals surface area (Å²) >= 11 is 0. The fourth-order valence-corrected chi connectivity index (χ4v) is 1.60. The molecule has 1 amide bonds. The number of amides is 1. The number of rotatable bonds is 4. The lowest BCUT2D eigenvalue weighted by Crippen LogP contribution is -2.42. The van der Waals surface area contributed by atoms with Gasteiger partial charge in [-0.1, -0.05) is 13.8 Å². The molecule has 1 rings (SSSR count). The van der Waals surface area contributed by atoms with Crippen LogP contribution in [-0.4, -0.2) is 31.2 Å². The molecular weight excluding hydrogens is 192 g/mol. The lowest BCUT2D eigenvalue weighted by Gasteiger charge is -2.17. The zero-order chi connectivity index (χ0) is 11.4. The molecule has 0 aromatic carbocycles. The van der Waals surface area contributed by atoms with E-state index < -0.39 is 0 Å². The lowest BCUT2D eigenvalue weighted by atomic mass is 10.0. The first kappa shape index (κ1) is 12.5. The molecule has 0 saturated carbocycles. The van der Waals surface area contributed by atoms with Crippen LogP contribution in [0.25, 0.3) is 0 Å². The molecule has 0 spiro atoms. The monoisotopic (exact) mass is 214 g/mol. The molecule has 4 nitrogen and oxygen atoms in total. The number of nitrogens with one attached hydrogen (secondary N) is 1. The Balaban J connectivity index is 2.24. The number of hydrogen-bond donors (Lipinski definition) is 2. The van der Waals surface area contributed by atoms with E-state index in [-0.39, 0.29) is 24.0 Å². The summed E-state index contributed by atoms with van der Waals surface area (Å²) in [5.41, 5.74) is 5.84. The molecule has 0 aliphatic carbocycles. The Morgan fingerprint density at radius 2 is 2.27 bits per heavy atom. The van der Waals surface area contributed by atoms with Crippen LogP contribution in [0.2, 0.25) is 0 Å². The number of hydrogen-bond acceptors (Lipinski definition) is 3. The van der Waals surface area contributed by atoms with Gasteiger partial charge in [0, 0.05) is 12.6 Å². The predicted molar refractivity (Wildman–Crippen MR) is 59.3 cm³/mol. The molecule has 88 valence electrons. The third-order valence-corrected chi connectivity index (χ3v) is 2.94. The van der Waals surface area contributed by atoms with Gasteiger partial charge in [-0.2, -0.15) is 0 Å². The highest BCUT2D eigenvalue weighted by molar-refractivity contribution is 5.79. The first-order valence-electron chi connectivity index (χ1n) is 5.65. The molecule has 1 aliphatic rings. The van der Waals surface area contributed by atoms with Gasteiger partial charge in [0.15, 0.2) is 0 Å². The molecule has 0 radical (unpaired) electrons. The van der Waals surface area contributed by atoms with Gasteiger partial charge in [-0.05, 0) is 19.3 Å². The average molecular weight is 214 g/mol. The van der Waals surface area contributed by atoms with E-state index in [2.05, 4.69) is 19.2 Å². The molecule has 1 saturated heterocycles. The van der Waals surface area contributed by atoms with Gasteiger partial charge in [0.1, 0.15) is 0 Å². The Morgan fingerprint density at radius 1 is 1.60 bits per heavy atom. The fraction of sp³-hybridized carbons (Fsp3) is 0.909. The highest BCUT2D eigenvalue weighted by Crippen LogP contribution is 2.18. The number of carbonyl (C=O) groups excluding carboxylic acids is 1. The van der Waals surface area contributed by atoms with Crippen molar-refractivity contribution in [2.24, 2.45) is 17.6 Å². The standard InChI is InChI=1S/C11H22N2O2/c1-7(2)10(12)5-13-11(14)9-4-8(3)15-6-9/h7-10H,4-6,12H2,1-3H3,(H,13,14). The fourth-order valence-electron chi connectivity index (χ4n) is 1.60. The Hall–Kier alpha value is -0.610. The lowest BCUT2D eigenvalue weighted by molar-refractivity contribution is -0.125. The second kappa shape index (κ2) is 5.47. The normalized spacial score (nSPS) is 28.1. The molecule has 3 atom stereocenters. The summed E-state index contributed by atoms with van der Waals surface area (Å²) in [7, 11) is 0. The second-order valence-electron chi connectivity index (χ2n) is 4.73. The van der Waals surface area contributed by atoms with Gasteiger partial charge >= 0.3 is 0 Å². The van der Waals surface area contributed by atoms with Crippen molar-refractivity contribution in [2.45, 2.75) is 39.3 Å². The van der Waals surface area contributed by atoms with Gasteiger partial charge in [-0.15, -0.1) is 0 Å². The molecule has 0 bridgehead atoms. The number of nitrogens with two attached hydrogens (primary N) is 1. The van der Waals surface area contributed by atoms with Crippen molar-refractivity contribution in [3.63, 3.8) is 0 Å². The minimum atomic E-state index is 0.0133. The van der Waals surface area contributed by atoms with E-state index in [1.165, 1.54) is 0 Å². The average Bonchev–Trinajstić information content (AvgIpc) is 2.60. The minimum absolute atomic E-state index is 0.0133. The smallest absolute Gasteiger partial charge is 0.225 e. The highest BCUT2D eigenvalue weighted by atomic mass is 16.5. The zero-order valence-electron chi connectivity index (χ0n) is 9.82. The molecule has 15 heavy (non-hydrogen) atoms. The Kier molecular flexibility index (Phi) is 4.54. The Bertz CT molecular complexity index is 219. The third-order valence-electron chi connectivity index (χ3n) is 2.94. The zero-order valence-corrected chi connectivity index (χ0v) is 9.82. The van der Waals surface area contributed by atoms with Crippen LogP contribution >= 0.6 is 0 Å². The molecule has 0 aromatic heterocycles. The number of carbonyl (C=O) groups is 1. The summed E-state index contributed by atoms with van der Waals surface area (Å²) in [5, 5.41) is 2.88. The van der Waals surface area contributed by atoms with Crippen LogP contribution in [0.15, 0.2) is 0 Å². The molecule has 1 heterocycles. The van der Waals surface area contributed by atoms with Gasteiger partial charge in [-0.3, -0.25) is 4.79 Å². The van der Waals surface area contributed by atoms with Gasteiger partial charge in [0.05, 0.1) is 18.6 Å². The van der Waals surface area contributed by atoms with Crippen LogP contribution in [0.1, 0.15) is 27.2 Å². The number of ether oxygens (including phenoxy) is 1. The maximum Gasteiger partial charge on any atom is 0.225 e. The van der Waals surface area contributed by atoms with Crippen molar-refractivity contribution in [3.05, 3.63) is 0 Å². The van der Waals surface area contributed by atoms with Crippen LogP contribution in [0.5, 0.6) is 0 Å². The van der Waals surface area contributed by atoms with Crippen LogP contribution in [0.4, 0.5) is 0 Å². The van der Waals surface area contributed by atoms with E-state index >= 15 is 0 Å². The summed E-state index contributed by atoms with van der Waals surface area (Å²) < 4.78 is 5.35. The molecule has 0 aromatic rings. The van der Waals surface area contributed by atoms with Crippen LogP contribution < -0.4 is 11.1 Å². The van der Waals surface area contributed by atoms with Gasteiger partial charge in [0.2, 0.25) is 5.91 Å². The van der Waals surface area contributed by atoms with E-state index in [9.17, 15) is 4.79 Å². The van der Waals surface area contributed by atoms with Gasteiger partial charge < -0.3 is 15.8 Å². The SMILES string of the molecule is CC1CC(C(=O)NCC(N)C(C)C)CO1. The van der Waals surface area contributed by atoms with E-state index in [0.717, 1.165) is 6.42 Å². The largest absolute Gasteiger partial charge is 0.378 e. The van der Waals surface area contributed by atoms with Crippen molar-refractivity contribution in [1.29, 1.82) is 0 Å². The van der Waals surface area contributed by atoms with Crippen LogP contribution in [0, 0.1) is 11.8 Å². The Labute approximate surface area is 91.5 Å². The summed E-state index contributed by atoms with van der Waals surface area (Å²) in [5.74, 6) is 0.485. The first-order valence-corrected chi connectivity index (χ1v) is 5.65. The van der Waals surface area contributed by atoms with E-state index in [1.807, 2.05) is 6.92 Å². The van der Waals surface area contributed by atoms with E-state index in [0.29, 0.717) is 19.1 Å². The summed E-state index contributed by atoms with van der Waals surface area (Å²) in [6, 6.07) is 0.0358. The minimum Gasteiger partial charge on any atom is -0.378 e. The predicted octanol–water partition coefficient (Wildman–Crippen LogP) is 0.511. The third kappa shape index (κ3) is 3.80. The molecule has 3 unspecified atom stereocenters. The van der Waals surface area contributed by atoms with E-state index in [1.54, 1.807) is 0 Å². The molecule has 1 fully saturated rings. The maximum absolute atomic E-state index is 11.7. The highest BCUT2D eigenvalue weighted by Gasteiger charge is 2.28. The topological polar surface area (TPSA) is 64.4 Å². The molecule has 3 N–H and O–H groups in total. The van der Waals surface area contributed by atoms with Gasteiger partial charge in [-0.25, -0.2) is 0 Å². The van der Waals surface area contributed by atoms with Crippen LogP contribution in [0.3, 0.4) is 0 Å². The van der Waals surface area contributed by atoms with Crippen molar-refractivity contribution in [2.75, 3.05) is 13.2 Å². The Morgan fingerprint density at radius 3 is 2.73 bits per heavy atom. The van der Waals surface area contributed by atoms with E-state index in [4.69, 9.17) is 10.5 Å². The molecule has 4 heteroatoms. The molecule has 1 aliphatic heterocycles. The van der Waals surface area contributed by atoms with Crippen molar-refractivity contribution in [1.82, 2.24) is 5.32 Å². The van der Waals surface area contributed by atoms with Crippen molar-refractivity contribution < 1.29 is 9.53 Å². The first-order chi connectivity index (χ1) is 7.00. The summed E-state index contributed by atoms with van der Waals surface area (Å²) in [6.45, 7) is 7.20. The summed E-state index contributed by atoms with van der Waals surface area (Å²) in [4.78, 5) is 11.7. The van der Waals surface area contributed by atoms with Crippen LogP contribution in [-0.2, 0) is 9.53 Å². The van der Waals surface area contributed by atoms with Gasteiger partial charge in [0.25, 0.3) is 0 Å². The van der Waals surface area contributed by atoms with Crippen molar-refractivity contribution in [3.8, 4) is 0 Å². The quantitative estimate of drug-likeness (QED) is 0.716. The maximum atomic E-state index is 11.7. The second-order valence-corrected chi connectivity index (χ2v) is 4.73. The summed E-state index contributed by atoms with van der Waals surface area (Å²) in [6.07, 6.45) is 1.03.